The van der Waals surface area contributed by atoms with E-state index in [0.29, 0.717) is 0 Å². The van der Waals surface area contributed by atoms with E-state index < -0.39 is 0 Å². The molecule has 0 N–H and O–H groups in total. The van der Waals surface area contributed by atoms with Gasteiger partial charge in [0.05, 0.1) is 0 Å². The molecule has 1 aliphatic rings. The van der Waals surface area contributed by atoms with Crippen LogP contribution in [0.25, 0.3) is 11.1 Å². The van der Waals surface area contributed by atoms with Gasteiger partial charge in [-0.3, -0.25) is 0 Å². The third-order valence-corrected chi connectivity index (χ3v) is 5.17. The minimum atomic E-state index is 0.208. The Kier molecular flexibility index (Phi) is 11.4. The Morgan fingerprint density at radius 1 is 1.00 bits per heavy atom. The highest BCUT2D eigenvalue weighted by Crippen LogP contribution is 2.35. The van der Waals surface area contributed by atoms with E-state index in [-0.39, 0.29) is 5.92 Å². The van der Waals surface area contributed by atoms with Crippen LogP contribution in [0.4, 0.5) is 0 Å². The molecule has 1 aliphatic carbocycles. The first-order chi connectivity index (χ1) is 14.6. The van der Waals surface area contributed by atoms with Gasteiger partial charge in [-0.1, -0.05) is 100 Å². The molecule has 1 atom stereocenters. The molecular weight excluding hydrogens is 362 g/mol. The number of allylic oxidation sites excluding steroid dienone is 3. The summed E-state index contributed by atoms with van der Waals surface area (Å²) in [7, 11) is 2.17. The van der Waals surface area contributed by atoms with Gasteiger partial charge in [-0.15, -0.1) is 6.42 Å². The molecule has 1 unspecified atom stereocenters. The lowest BCUT2D eigenvalue weighted by molar-refractivity contribution is 0.365. The molecule has 0 aromatic heterocycles. The van der Waals surface area contributed by atoms with Crippen molar-refractivity contribution < 1.29 is 0 Å². The van der Waals surface area contributed by atoms with Gasteiger partial charge in [-0.05, 0) is 48.4 Å². The van der Waals surface area contributed by atoms with Crippen LogP contribution in [0.15, 0.2) is 78.0 Å². The SMILES string of the molecule is C#CC1CCCC(N(C)Cc2ccc(-c3ccccc3)cc2)=C1C(=C)C.CC.CC. The standard InChI is InChI=1S/C25H27N.2C2H6/c1-5-21-12-9-13-24(25(21)19(2)3)26(4)18-20-14-16-23(17-15-20)22-10-7-6-8-11-22;2*1-2/h1,6-8,10-11,14-17,21H,2,9,12-13,18H2,3-4H3;2*1-2H3. The second-order valence-electron chi connectivity index (χ2n) is 7.17. The Labute approximate surface area is 185 Å². The minimum Gasteiger partial charge on any atom is -0.373 e. The van der Waals surface area contributed by atoms with Gasteiger partial charge in [0, 0.05) is 25.2 Å². The zero-order chi connectivity index (χ0) is 22.5. The Bertz CT molecular complexity index is 834. The van der Waals surface area contributed by atoms with E-state index in [2.05, 4.69) is 79.9 Å². The van der Waals surface area contributed by atoms with Crippen LogP contribution in [0.1, 0.15) is 59.4 Å². The van der Waals surface area contributed by atoms with Crippen LogP contribution in [-0.4, -0.2) is 11.9 Å². The number of hydrogen-bond acceptors (Lipinski definition) is 1. The molecule has 1 nitrogen and oxygen atoms in total. The normalized spacial score (nSPS) is 15.0. The number of terminal acetylenes is 1. The number of nitrogens with zero attached hydrogens (tertiary/aromatic N) is 1. The van der Waals surface area contributed by atoms with Gasteiger partial charge >= 0.3 is 0 Å². The fourth-order valence-electron chi connectivity index (χ4n) is 3.86. The van der Waals surface area contributed by atoms with E-state index in [4.69, 9.17) is 6.42 Å². The summed E-state index contributed by atoms with van der Waals surface area (Å²) in [5.74, 6) is 3.17. The highest BCUT2D eigenvalue weighted by Gasteiger charge is 2.24. The third kappa shape index (κ3) is 6.67. The van der Waals surface area contributed by atoms with Gasteiger partial charge in [0.15, 0.2) is 0 Å². The Morgan fingerprint density at radius 2 is 1.57 bits per heavy atom. The van der Waals surface area contributed by atoms with Crippen molar-refractivity contribution in [3.05, 3.63) is 83.6 Å². The largest absolute Gasteiger partial charge is 0.373 e. The van der Waals surface area contributed by atoms with Crippen molar-refractivity contribution in [2.75, 3.05) is 7.05 Å². The van der Waals surface area contributed by atoms with Crippen LogP contribution in [0.3, 0.4) is 0 Å². The summed E-state index contributed by atoms with van der Waals surface area (Å²) in [6.07, 6.45) is 9.08. The highest BCUT2D eigenvalue weighted by molar-refractivity contribution is 5.63. The Hall–Kier alpha value is -2.72. The Morgan fingerprint density at radius 3 is 2.10 bits per heavy atom. The second kappa shape index (κ2) is 13.5. The third-order valence-electron chi connectivity index (χ3n) is 5.17. The van der Waals surface area contributed by atoms with Gasteiger partial charge in [-0.2, -0.15) is 0 Å². The lowest BCUT2D eigenvalue weighted by Crippen LogP contribution is -2.24. The van der Waals surface area contributed by atoms with E-state index in [0.717, 1.165) is 31.4 Å². The molecule has 2 aromatic rings. The quantitative estimate of drug-likeness (QED) is 0.457. The smallest absolute Gasteiger partial charge is 0.0469 e. The summed E-state index contributed by atoms with van der Waals surface area (Å²) < 4.78 is 0. The van der Waals surface area contributed by atoms with Crippen molar-refractivity contribution in [1.29, 1.82) is 0 Å². The van der Waals surface area contributed by atoms with Gasteiger partial charge < -0.3 is 4.90 Å². The monoisotopic (exact) mass is 401 g/mol. The van der Waals surface area contributed by atoms with Gasteiger partial charge in [0.2, 0.25) is 0 Å². The summed E-state index contributed by atoms with van der Waals surface area (Å²) in [5.41, 5.74) is 7.56. The average Bonchev–Trinajstić information content (AvgIpc) is 2.82. The summed E-state index contributed by atoms with van der Waals surface area (Å²) in [5, 5.41) is 0. The lowest BCUT2D eigenvalue weighted by Gasteiger charge is -2.32. The molecule has 0 saturated carbocycles. The first-order valence-electron chi connectivity index (χ1n) is 11.3. The van der Waals surface area contributed by atoms with E-state index >= 15 is 0 Å². The molecule has 0 heterocycles. The first kappa shape index (κ1) is 25.3. The predicted molar refractivity (Wildman–Crippen MR) is 134 cm³/mol. The molecule has 0 bridgehead atoms. The minimum absolute atomic E-state index is 0.208. The van der Waals surface area contributed by atoms with Crippen molar-refractivity contribution in [3.63, 3.8) is 0 Å². The maximum Gasteiger partial charge on any atom is 0.0469 e. The maximum atomic E-state index is 5.77. The second-order valence-corrected chi connectivity index (χ2v) is 7.17. The zero-order valence-corrected chi connectivity index (χ0v) is 19.8. The molecular formula is C29H39N. The molecule has 30 heavy (non-hydrogen) atoms. The molecule has 0 fully saturated rings. The van der Waals surface area contributed by atoms with Crippen LogP contribution in [-0.2, 0) is 6.54 Å². The maximum absolute atomic E-state index is 5.77. The van der Waals surface area contributed by atoms with E-state index in [1.54, 1.807) is 0 Å². The molecule has 0 spiro atoms. The van der Waals surface area contributed by atoms with Crippen LogP contribution in [0, 0.1) is 18.3 Å². The van der Waals surface area contributed by atoms with Crippen molar-refractivity contribution >= 4 is 0 Å². The summed E-state index contributed by atoms with van der Waals surface area (Å²) in [6.45, 7) is 15.1. The molecule has 1 heteroatoms. The molecule has 0 aliphatic heterocycles. The lowest BCUT2D eigenvalue weighted by atomic mass is 9.82. The van der Waals surface area contributed by atoms with E-state index in [1.807, 2.05) is 33.8 Å². The van der Waals surface area contributed by atoms with Crippen LogP contribution >= 0.6 is 0 Å². The van der Waals surface area contributed by atoms with Crippen LogP contribution in [0.5, 0.6) is 0 Å². The van der Waals surface area contributed by atoms with Gasteiger partial charge in [0.25, 0.3) is 0 Å². The number of hydrogen-bond donors (Lipinski definition) is 0. The van der Waals surface area contributed by atoms with Crippen molar-refractivity contribution in [2.45, 2.75) is 60.4 Å². The van der Waals surface area contributed by atoms with Crippen LogP contribution in [0.2, 0.25) is 0 Å². The van der Waals surface area contributed by atoms with E-state index in [1.165, 1.54) is 28.0 Å². The zero-order valence-electron chi connectivity index (χ0n) is 19.8. The van der Waals surface area contributed by atoms with Crippen molar-refractivity contribution in [3.8, 4) is 23.5 Å². The summed E-state index contributed by atoms with van der Waals surface area (Å²) in [6, 6.07) is 19.4. The highest BCUT2D eigenvalue weighted by atomic mass is 15.1. The summed E-state index contributed by atoms with van der Waals surface area (Å²) in [4.78, 5) is 2.35. The Balaban J connectivity index is 0.00000106. The van der Waals surface area contributed by atoms with Crippen LogP contribution < -0.4 is 0 Å². The fraction of sp³-hybridized carbons (Fsp3) is 0.379. The fourth-order valence-corrected chi connectivity index (χ4v) is 3.86. The number of benzene rings is 2. The molecule has 2 aromatic carbocycles. The topological polar surface area (TPSA) is 3.24 Å². The molecule has 0 amide bonds. The summed E-state index contributed by atoms with van der Waals surface area (Å²) >= 11 is 0. The predicted octanol–water partition coefficient (Wildman–Crippen LogP) is 8.10. The van der Waals surface area contributed by atoms with Crippen molar-refractivity contribution in [1.82, 2.24) is 4.90 Å². The number of rotatable bonds is 5. The average molecular weight is 402 g/mol. The van der Waals surface area contributed by atoms with Gasteiger partial charge in [-0.25, -0.2) is 0 Å². The van der Waals surface area contributed by atoms with Gasteiger partial charge in [0.1, 0.15) is 0 Å². The molecule has 0 radical (unpaired) electrons. The molecule has 3 rings (SSSR count). The van der Waals surface area contributed by atoms with E-state index in [9.17, 15) is 0 Å². The molecule has 160 valence electrons. The van der Waals surface area contributed by atoms with Crippen molar-refractivity contribution in [2.24, 2.45) is 5.92 Å². The molecule has 0 saturated heterocycles. The first-order valence-corrected chi connectivity index (χ1v) is 11.3.